The van der Waals surface area contributed by atoms with Crippen LogP contribution in [0, 0.1) is 5.82 Å². The molecule has 96 valence electrons. The van der Waals surface area contributed by atoms with E-state index in [-0.39, 0.29) is 10.6 Å². The first-order chi connectivity index (χ1) is 7.89. The van der Waals surface area contributed by atoms with Crippen LogP contribution in [0.4, 0.5) is 10.1 Å². The van der Waals surface area contributed by atoms with Crippen LogP contribution in [0.25, 0.3) is 0 Å². The van der Waals surface area contributed by atoms with Crippen LogP contribution in [0.2, 0.25) is 0 Å². The summed E-state index contributed by atoms with van der Waals surface area (Å²) >= 11 is 0. The Morgan fingerprint density at radius 2 is 2.06 bits per heavy atom. The number of nitrogens with two attached hydrogens (primary N) is 1. The van der Waals surface area contributed by atoms with E-state index in [0.717, 1.165) is 23.2 Å². The predicted molar refractivity (Wildman–Crippen MR) is 65.5 cm³/mol. The van der Waals surface area contributed by atoms with Crippen LogP contribution < -0.4 is 5.73 Å². The molecule has 6 heteroatoms. The van der Waals surface area contributed by atoms with Crippen LogP contribution >= 0.6 is 0 Å². The van der Waals surface area contributed by atoms with Crippen LogP contribution in [-0.4, -0.2) is 26.3 Å². The molecule has 0 aliphatic heterocycles. The highest BCUT2D eigenvalue weighted by Gasteiger charge is 2.23. The van der Waals surface area contributed by atoms with Crippen molar-refractivity contribution in [3.63, 3.8) is 0 Å². The molecule has 0 aromatic heterocycles. The molecule has 0 aliphatic rings. The van der Waals surface area contributed by atoms with E-state index >= 15 is 0 Å². The number of unbranched alkanes of at least 4 members (excludes halogenated alkanes) is 1. The second-order valence-electron chi connectivity index (χ2n) is 3.87. The predicted octanol–water partition coefficient (Wildman–Crippen LogP) is 1.83. The zero-order chi connectivity index (χ0) is 13.1. The summed E-state index contributed by atoms with van der Waals surface area (Å²) in [7, 11) is -2.31. The molecule has 1 aromatic rings. The van der Waals surface area contributed by atoms with Gasteiger partial charge in [-0.25, -0.2) is 17.1 Å². The summed E-state index contributed by atoms with van der Waals surface area (Å²) in [5.41, 5.74) is 5.58. The Kier molecular flexibility index (Phi) is 4.47. The lowest BCUT2D eigenvalue weighted by Crippen LogP contribution is -2.28. The van der Waals surface area contributed by atoms with Crippen LogP contribution in [0.1, 0.15) is 19.8 Å². The van der Waals surface area contributed by atoms with Crippen LogP contribution in [0.15, 0.2) is 23.1 Å². The van der Waals surface area contributed by atoms with Gasteiger partial charge in [0.25, 0.3) is 0 Å². The Morgan fingerprint density at radius 1 is 1.41 bits per heavy atom. The zero-order valence-electron chi connectivity index (χ0n) is 9.98. The van der Waals surface area contributed by atoms with Crippen molar-refractivity contribution in [2.24, 2.45) is 0 Å². The second-order valence-corrected chi connectivity index (χ2v) is 5.88. The fourth-order valence-corrected chi connectivity index (χ4v) is 2.65. The van der Waals surface area contributed by atoms with E-state index < -0.39 is 15.8 Å². The summed E-state index contributed by atoms with van der Waals surface area (Å²) in [5, 5.41) is 0. The van der Waals surface area contributed by atoms with Gasteiger partial charge in [0.2, 0.25) is 10.0 Å². The van der Waals surface area contributed by atoms with Crippen molar-refractivity contribution in [2.75, 3.05) is 19.3 Å². The first-order valence-corrected chi connectivity index (χ1v) is 6.85. The van der Waals surface area contributed by atoms with Gasteiger partial charge in [-0.2, -0.15) is 0 Å². The quantitative estimate of drug-likeness (QED) is 0.821. The molecule has 2 N–H and O–H groups in total. The zero-order valence-corrected chi connectivity index (χ0v) is 10.8. The average molecular weight is 260 g/mol. The minimum absolute atomic E-state index is 0.206. The van der Waals surface area contributed by atoms with Gasteiger partial charge in [0.15, 0.2) is 0 Å². The summed E-state index contributed by atoms with van der Waals surface area (Å²) in [6, 6.07) is 3.59. The van der Waals surface area contributed by atoms with Gasteiger partial charge in [-0.1, -0.05) is 13.3 Å². The normalized spacial score (nSPS) is 12.0. The number of halogens is 1. The van der Waals surface area contributed by atoms with E-state index in [0.29, 0.717) is 6.54 Å². The lowest BCUT2D eigenvalue weighted by Gasteiger charge is -2.17. The highest BCUT2D eigenvalue weighted by molar-refractivity contribution is 7.89. The molecule has 1 aromatic carbocycles. The van der Waals surface area contributed by atoms with Gasteiger partial charge in [0.05, 0.1) is 0 Å². The Labute approximate surface area is 101 Å². The first-order valence-electron chi connectivity index (χ1n) is 5.41. The maximum absolute atomic E-state index is 13.5. The Balaban J connectivity index is 3.04. The number of nitrogens with zero attached hydrogens (tertiary/aromatic N) is 1. The van der Waals surface area contributed by atoms with Gasteiger partial charge in [-0.3, -0.25) is 0 Å². The molecule has 0 fully saturated rings. The maximum Gasteiger partial charge on any atom is 0.245 e. The third-order valence-electron chi connectivity index (χ3n) is 2.47. The SMILES string of the molecule is CCCCN(C)S(=O)(=O)c1ccc(N)cc1F. The third-order valence-corrected chi connectivity index (χ3v) is 4.36. The number of rotatable bonds is 5. The van der Waals surface area contributed by atoms with Crippen molar-refractivity contribution in [3.8, 4) is 0 Å². The van der Waals surface area contributed by atoms with E-state index in [1.54, 1.807) is 0 Å². The summed E-state index contributed by atoms with van der Waals surface area (Å²) in [6.45, 7) is 2.34. The largest absolute Gasteiger partial charge is 0.399 e. The van der Waals surface area contributed by atoms with Crippen molar-refractivity contribution < 1.29 is 12.8 Å². The monoisotopic (exact) mass is 260 g/mol. The minimum atomic E-state index is -3.76. The molecule has 0 heterocycles. The van der Waals surface area contributed by atoms with Crippen molar-refractivity contribution in [2.45, 2.75) is 24.7 Å². The van der Waals surface area contributed by atoms with Crippen LogP contribution in [0.5, 0.6) is 0 Å². The molecule has 0 unspecified atom stereocenters. The van der Waals surface area contributed by atoms with Gasteiger partial charge in [-0.15, -0.1) is 0 Å². The van der Waals surface area contributed by atoms with E-state index in [1.807, 2.05) is 6.92 Å². The van der Waals surface area contributed by atoms with Gasteiger partial charge >= 0.3 is 0 Å². The number of sulfonamides is 1. The molecule has 17 heavy (non-hydrogen) atoms. The molecule has 0 aliphatic carbocycles. The van der Waals surface area contributed by atoms with E-state index in [4.69, 9.17) is 5.73 Å². The molecule has 0 saturated heterocycles. The lowest BCUT2D eigenvalue weighted by atomic mass is 10.3. The third kappa shape index (κ3) is 3.17. The van der Waals surface area contributed by atoms with Crippen molar-refractivity contribution in [1.82, 2.24) is 4.31 Å². The van der Waals surface area contributed by atoms with E-state index in [2.05, 4.69) is 0 Å². The lowest BCUT2D eigenvalue weighted by molar-refractivity contribution is 0.453. The summed E-state index contributed by atoms with van der Waals surface area (Å²) in [4.78, 5) is -0.328. The standard InChI is InChI=1S/C11H17FN2O2S/c1-3-4-7-14(2)17(15,16)11-6-5-9(13)8-10(11)12/h5-6,8H,3-4,7,13H2,1-2H3. The topological polar surface area (TPSA) is 63.4 Å². The molecule has 0 saturated carbocycles. The molecular weight excluding hydrogens is 243 g/mol. The number of nitrogen functional groups attached to an aromatic ring is 1. The first kappa shape index (κ1) is 13.9. The fourth-order valence-electron chi connectivity index (χ4n) is 1.40. The fraction of sp³-hybridized carbons (Fsp3) is 0.455. The molecule has 0 radical (unpaired) electrons. The van der Waals surface area contributed by atoms with Crippen molar-refractivity contribution >= 4 is 15.7 Å². The average Bonchev–Trinajstić information content (AvgIpc) is 2.25. The van der Waals surface area contributed by atoms with Gasteiger partial charge < -0.3 is 5.73 Å². The second kappa shape index (κ2) is 5.46. The maximum atomic E-state index is 13.5. The van der Waals surface area contributed by atoms with Gasteiger partial charge in [-0.05, 0) is 24.6 Å². The van der Waals surface area contributed by atoms with E-state index in [9.17, 15) is 12.8 Å². The van der Waals surface area contributed by atoms with Crippen molar-refractivity contribution in [3.05, 3.63) is 24.0 Å². The molecule has 0 atom stereocenters. The van der Waals surface area contributed by atoms with Crippen LogP contribution in [-0.2, 0) is 10.0 Å². The number of hydrogen-bond acceptors (Lipinski definition) is 3. The minimum Gasteiger partial charge on any atom is -0.399 e. The number of anilines is 1. The molecule has 4 nitrogen and oxygen atoms in total. The van der Waals surface area contributed by atoms with Gasteiger partial charge in [0, 0.05) is 19.3 Å². The Bertz CT molecular complexity index is 488. The smallest absolute Gasteiger partial charge is 0.245 e. The highest BCUT2D eigenvalue weighted by Crippen LogP contribution is 2.20. The summed E-state index contributed by atoms with van der Waals surface area (Å²) < 4.78 is 38.7. The van der Waals surface area contributed by atoms with E-state index in [1.165, 1.54) is 19.2 Å². The molecule has 0 bridgehead atoms. The van der Waals surface area contributed by atoms with Crippen molar-refractivity contribution in [1.29, 1.82) is 0 Å². The van der Waals surface area contributed by atoms with Crippen LogP contribution in [0.3, 0.4) is 0 Å². The highest BCUT2D eigenvalue weighted by atomic mass is 32.2. The summed E-state index contributed by atoms with van der Waals surface area (Å²) in [5.74, 6) is -0.812. The van der Waals surface area contributed by atoms with Gasteiger partial charge in [0.1, 0.15) is 10.7 Å². The number of benzene rings is 1. The molecule has 0 amide bonds. The molecule has 1 rings (SSSR count). The summed E-state index contributed by atoms with van der Waals surface area (Å²) in [6.07, 6.45) is 1.62. The number of hydrogen-bond donors (Lipinski definition) is 1. The molecule has 0 spiro atoms. The Morgan fingerprint density at radius 3 is 2.59 bits per heavy atom. The molecular formula is C11H17FN2O2S. The Hall–Kier alpha value is -1.14.